The van der Waals surface area contributed by atoms with E-state index in [1.54, 1.807) is 23.9 Å². The summed E-state index contributed by atoms with van der Waals surface area (Å²) in [5, 5.41) is 0.606. The number of rotatable bonds is 3. The minimum absolute atomic E-state index is 0.439. The summed E-state index contributed by atoms with van der Waals surface area (Å²) in [5.74, 6) is 0. The maximum absolute atomic E-state index is 11.0. The summed E-state index contributed by atoms with van der Waals surface area (Å²) in [7, 11) is 0. The molecule has 4 heteroatoms. The van der Waals surface area contributed by atoms with Crippen molar-refractivity contribution < 1.29 is 8.76 Å². The fourth-order valence-electron chi connectivity index (χ4n) is 1.87. The normalized spacial score (nSPS) is 19.3. The largest absolute Gasteiger partial charge is 0.768 e. The van der Waals surface area contributed by atoms with E-state index in [9.17, 15) is 8.76 Å². The number of hydrogen-bond donors (Lipinski definition) is 0. The van der Waals surface area contributed by atoms with E-state index in [4.69, 9.17) is 0 Å². The molecular formula is C11H13O2S2-. The lowest BCUT2D eigenvalue weighted by molar-refractivity contribution is 0.535. The molecule has 1 aromatic carbocycles. The van der Waals surface area contributed by atoms with Gasteiger partial charge < -0.3 is 4.55 Å². The SMILES string of the molecule is O=S([O-])c1ccccc1SC1CCCC1. The molecule has 0 heterocycles. The molecule has 0 aromatic heterocycles. The van der Waals surface area contributed by atoms with Crippen LogP contribution in [0.3, 0.4) is 0 Å². The highest BCUT2D eigenvalue weighted by molar-refractivity contribution is 8.00. The number of thioether (sulfide) groups is 1. The highest BCUT2D eigenvalue weighted by Crippen LogP contribution is 2.36. The molecule has 0 saturated heterocycles. The Morgan fingerprint density at radius 2 is 1.93 bits per heavy atom. The van der Waals surface area contributed by atoms with Gasteiger partial charge in [-0.05, 0) is 36.1 Å². The van der Waals surface area contributed by atoms with Crippen LogP contribution in [-0.2, 0) is 11.1 Å². The average Bonchev–Trinajstić information content (AvgIpc) is 2.71. The van der Waals surface area contributed by atoms with Gasteiger partial charge in [0.1, 0.15) is 0 Å². The van der Waals surface area contributed by atoms with Crippen molar-refractivity contribution in [2.75, 3.05) is 0 Å². The van der Waals surface area contributed by atoms with Crippen molar-refractivity contribution in [3.8, 4) is 0 Å². The van der Waals surface area contributed by atoms with Gasteiger partial charge in [0.15, 0.2) is 0 Å². The molecule has 1 atom stereocenters. The molecule has 0 bridgehead atoms. The van der Waals surface area contributed by atoms with Crippen LogP contribution in [0.15, 0.2) is 34.1 Å². The molecule has 82 valence electrons. The Morgan fingerprint density at radius 1 is 1.27 bits per heavy atom. The monoisotopic (exact) mass is 241 g/mol. The summed E-state index contributed by atoms with van der Waals surface area (Å²) < 4.78 is 22.0. The lowest BCUT2D eigenvalue weighted by Gasteiger charge is -2.14. The molecular weight excluding hydrogens is 228 g/mol. The first-order chi connectivity index (χ1) is 7.27. The molecule has 2 rings (SSSR count). The third-order valence-electron chi connectivity index (χ3n) is 2.62. The van der Waals surface area contributed by atoms with E-state index < -0.39 is 11.1 Å². The smallest absolute Gasteiger partial charge is 0.0384 e. The fraction of sp³-hybridized carbons (Fsp3) is 0.455. The van der Waals surface area contributed by atoms with Crippen molar-refractivity contribution in [1.29, 1.82) is 0 Å². The second-order valence-electron chi connectivity index (χ2n) is 3.71. The Balaban J connectivity index is 2.15. The van der Waals surface area contributed by atoms with Gasteiger partial charge in [0.05, 0.1) is 0 Å². The second kappa shape index (κ2) is 5.14. The molecule has 1 aromatic rings. The maximum atomic E-state index is 11.0. The molecule has 2 nitrogen and oxygen atoms in total. The highest BCUT2D eigenvalue weighted by atomic mass is 32.2. The summed E-state index contributed by atoms with van der Waals surface area (Å²) in [6.45, 7) is 0. The molecule has 0 aliphatic heterocycles. The summed E-state index contributed by atoms with van der Waals surface area (Å²) in [4.78, 5) is 1.34. The maximum Gasteiger partial charge on any atom is 0.0384 e. The van der Waals surface area contributed by atoms with E-state index in [1.807, 2.05) is 12.1 Å². The van der Waals surface area contributed by atoms with Gasteiger partial charge in [-0.3, -0.25) is 4.21 Å². The minimum atomic E-state index is -2.11. The van der Waals surface area contributed by atoms with Crippen LogP contribution < -0.4 is 0 Å². The van der Waals surface area contributed by atoms with Crippen molar-refractivity contribution in [2.24, 2.45) is 0 Å². The average molecular weight is 241 g/mol. The zero-order valence-corrected chi connectivity index (χ0v) is 9.98. The van der Waals surface area contributed by atoms with Crippen molar-refractivity contribution in [2.45, 2.75) is 40.7 Å². The van der Waals surface area contributed by atoms with Crippen LogP contribution in [0.4, 0.5) is 0 Å². The highest BCUT2D eigenvalue weighted by Gasteiger charge is 2.17. The van der Waals surface area contributed by atoms with Gasteiger partial charge in [0.25, 0.3) is 0 Å². The Morgan fingerprint density at radius 3 is 2.60 bits per heavy atom. The van der Waals surface area contributed by atoms with Gasteiger partial charge in [-0.25, -0.2) is 0 Å². The van der Waals surface area contributed by atoms with Crippen LogP contribution in [0.2, 0.25) is 0 Å². The third kappa shape index (κ3) is 2.83. The third-order valence-corrected chi connectivity index (χ3v) is 4.88. The van der Waals surface area contributed by atoms with Crippen molar-refractivity contribution in [3.63, 3.8) is 0 Å². The van der Waals surface area contributed by atoms with Crippen LogP contribution >= 0.6 is 11.8 Å². The second-order valence-corrected chi connectivity index (χ2v) is 5.96. The quantitative estimate of drug-likeness (QED) is 0.764. The van der Waals surface area contributed by atoms with Crippen molar-refractivity contribution in [3.05, 3.63) is 24.3 Å². The summed E-state index contributed by atoms with van der Waals surface area (Å²) >= 11 is -0.398. The van der Waals surface area contributed by atoms with Crippen molar-refractivity contribution >= 4 is 22.8 Å². The molecule has 0 radical (unpaired) electrons. The summed E-state index contributed by atoms with van der Waals surface area (Å²) in [6, 6.07) is 7.23. The van der Waals surface area contributed by atoms with E-state index in [1.165, 1.54) is 25.7 Å². The van der Waals surface area contributed by atoms with E-state index in [-0.39, 0.29) is 0 Å². The van der Waals surface area contributed by atoms with E-state index in [0.717, 1.165) is 4.90 Å². The van der Waals surface area contributed by atoms with Crippen LogP contribution in [0, 0.1) is 0 Å². The minimum Gasteiger partial charge on any atom is -0.768 e. The predicted octanol–water partition coefficient (Wildman–Crippen LogP) is 2.96. The molecule has 0 N–H and O–H groups in total. The Labute approximate surface area is 96.8 Å². The van der Waals surface area contributed by atoms with Gasteiger partial charge >= 0.3 is 0 Å². The molecule has 1 aliphatic rings. The molecule has 1 aliphatic carbocycles. The van der Waals surface area contributed by atoms with Crippen LogP contribution in [-0.4, -0.2) is 14.0 Å². The van der Waals surface area contributed by atoms with Crippen LogP contribution in [0.1, 0.15) is 25.7 Å². The van der Waals surface area contributed by atoms with Crippen LogP contribution in [0.25, 0.3) is 0 Å². The molecule has 0 amide bonds. The number of hydrogen-bond acceptors (Lipinski definition) is 3. The van der Waals surface area contributed by atoms with Gasteiger partial charge in [-0.1, -0.05) is 25.0 Å². The molecule has 15 heavy (non-hydrogen) atoms. The fourth-order valence-corrected chi connectivity index (χ4v) is 3.91. The standard InChI is InChI=1S/C11H14O2S2/c12-15(13)11-8-4-3-7-10(11)14-9-5-1-2-6-9/h3-4,7-9H,1-2,5-6H2,(H,12,13)/p-1. The first-order valence-electron chi connectivity index (χ1n) is 5.12. The topological polar surface area (TPSA) is 40.1 Å². The van der Waals surface area contributed by atoms with Crippen LogP contribution in [0.5, 0.6) is 0 Å². The summed E-state index contributed by atoms with van der Waals surface area (Å²) in [5.41, 5.74) is 0. The van der Waals surface area contributed by atoms with E-state index in [0.29, 0.717) is 10.1 Å². The summed E-state index contributed by atoms with van der Waals surface area (Å²) in [6.07, 6.45) is 4.98. The Bertz CT molecular complexity index is 359. The van der Waals surface area contributed by atoms with Gasteiger partial charge in [-0.15, -0.1) is 11.8 Å². The molecule has 1 saturated carbocycles. The number of benzene rings is 1. The zero-order chi connectivity index (χ0) is 10.7. The van der Waals surface area contributed by atoms with Gasteiger partial charge in [0, 0.05) is 15.0 Å². The first kappa shape index (κ1) is 11.2. The first-order valence-corrected chi connectivity index (χ1v) is 7.08. The zero-order valence-electron chi connectivity index (χ0n) is 8.35. The Hall–Kier alpha value is -0.320. The van der Waals surface area contributed by atoms with Gasteiger partial charge in [0.2, 0.25) is 0 Å². The van der Waals surface area contributed by atoms with E-state index in [2.05, 4.69) is 0 Å². The van der Waals surface area contributed by atoms with E-state index >= 15 is 0 Å². The molecule has 1 unspecified atom stereocenters. The Kier molecular flexibility index (Phi) is 3.83. The van der Waals surface area contributed by atoms with Crippen molar-refractivity contribution in [1.82, 2.24) is 0 Å². The lowest BCUT2D eigenvalue weighted by Crippen LogP contribution is -1.97. The lowest BCUT2D eigenvalue weighted by atomic mass is 10.4. The molecule has 1 fully saturated rings. The predicted molar refractivity (Wildman–Crippen MR) is 61.7 cm³/mol. The van der Waals surface area contributed by atoms with Gasteiger partial charge in [-0.2, -0.15) is 0 Å². The molecule has 0 spiro atoms.